The molecule has 20 heavy (non-hydrogen) atoms. The van der Waals surface area contributed by atoms with Gasteiger partial charge in [-0.05, 0) is 45.6 Å². The smallest absolute Gasteiger partial charge is 0.243 e. The SMILES string of the molecule is Brc1cccn2nc(NCC3Cc4ccccc43)nc12. The standard InChI is InChI=1S/C15H13BrN4/c16-13-6-3-7-20-14(13)18-15(19-20)17-9-11-8-10-4-1-2-5-12(10)11/h1-7,11H,8-9H2,(H,17,19). The van der Waals surface area contributed by atoms with Gasteiger partial charge in [-0.15, -0.1) is 5.10 Å². The normalized spacial score (nSPS) is 16.8. The van der Waals surface area contributed by atoms with E-state index in [2.05, 4.69) is 55.6 Å². The Morgan fingerprint density at radius 3 is 3.00 bits per heavy atom. The molecule has 1 aliphatic rings. The number of aromatic nitrogens is 3. The van der Waals surface area contributed by atoms with Gasteiger partial charge in [0.1, 0.15) is 0 Å². The summed E-state index contributed by atoms with van der Waals surface area (Å²) in [7, 11) is 0. The highest BCUT2D eigenvalue weighted by molar-refractivity contribution is 9.10. The molecular formula is C15H13BrN4. The van der Waals surface area contributed by atoms with Crippen molar-refractivity contribution in [2.75, 3.05) is 11.9 Å². The van der Waals surface area contributed by atoms with Crippen molar-refractivity contribution in [1.29, 1.82) is 0 Å². The summed E-state index contributed by atoms with van der Waals surface area (Å²) in [4.78, 5) is 4.49. The molecule has 1 N–H and O–H groups in total. The topological polar surface area (TPSA) is 42.2 Å². The summed E-state index contributed by atoms with van der Waals surface area (Å²) in [6.07, 6.45) is 3.04. The van der Waals surface area contributed by atoms with Gasteiger partial charge in [-0.25, -0.2) is 4.52 Å². The molecule has 0 saturated heterocycles. The van der Waals surface area contributed by atoms with E-state index in [4.69, 9.17) is 0 Å². The zero-order valence-corrected chi connectivity index (χ0v) is 12.3. The molecule has 4 rings (SSSR count). The number of rotatable bonds is 3. The lowest BCUT2D eigenvalue weighted by molar-refractivity contribution is 0.633. The second-order valence-electron chi connectivity index (χ2n) is 5.04. The summed E-state index contributed by atoms with van der Waals surface area (Å²) in [5, 5.41) is 7.76. The first kappa shape index (κ1) is 11.9. The molecule has 0 amide bonds. The number of hydrogen-bond donors (Lipinski definition) is 1. The van der Waals surface area contributed by atoms with Crippen LogP contribution < -0.4 is 5.32 Å². The number of hydrogen-bond acceptors (Lipinski definition) is 3. The molecule has 1 atom stereocenters. The van der Waals surface area contributed by atoms with Gasteiger partial charge in [0.05, 0.1) is 4.47 Å². The predicted octanol–water partition coefficient (Wildman–Crippen LogP) is 3.24. The van der Waals surface area contributed by atoms with Crippen LogP contribution in [0.1, 0.15) is 17.0 Å². The van der Waals surface area contributed by atoms with E-state index >= 15 is 0 Å². The first-order chi connectivity index (χ1) is 9.81. The lowest BCUT2D eigenvalue weighted by atomic mass is 9.78. The largest absolute Gasteiger partial charge is 0.352 e. The van der Waals surface area contributed by atoms with Gasteiger partial charge < -0.3 is 5.32 Å². The van der Waals surface area contributed by atoms with Crippen molar-refractivity contribution in [3.8, 4) is 0 Å². The maximum atomic E-state index is 4.49. The number of anilines is 1. The van der Waals surface area contributed by atoms with Gasteiger partial charge in [0.15, 0.2) is 5.65 Å². The summed E-state index contributed by atoms with van der Waals surface area (Å²) in [6.45, 7) is 0.880. The number of benzene rings is 1. The van der Waals surface area contributed by atoms with Crippen molar-refractivity contribution in [3.05, 3.63) is 58.2 Å². The summed E-state index contributed by atoms with van der Waals surface area (Å²) >= 11 is 3.49. The Hall–Kier alpha value is -1.88. The molecular weight excluding hydrogens is 316 g/mol. The molecule has 0 fully saturated rings. The van der Waals surface area contributed by atoms with Gasteiger partial charge in [-0.2, -0.15) is 4.98 Å². The number of nitrogens with one attached hydrogen (secondary N) is 1. The van der Waals surface area contributed by atoms with Crippen molar-refractivity contribution in [3.63, 3.8) is 0 Å². The van der Waals surface area contributed by atoms with Gasteiger partial charge >= 0.3 is 0 Å². The van der Waals surface area contributed by atoms with Crippen molar-refractivity contribution < 1.29 is 0 Å². The minimum Gasteiger partial charge on any atom is -0.352 e. The molecule has 0 aliphatic heterocycles. The van der Waals surface area contributed by atoms with Gasteiger partial charge in [0, 0.05) is 18.7 Å². The first-order valence-corrected chi connectivity index (χ1v) is 7.43. The molecule has 0 saturated carbocycles. The molecule has 1 aliphatic carbocycles. The van der Waals surface area contributed by atoms with Gasteiger partial charge in [-0.1, -0.05) is 24.3 Å². The predicted molar refractivity (Wildman–Crippen MR) is 82.1 cm³/mol. The van der Waals surface area contributed by atoms with Crippen LogP contribution in [0.3, 0.4) is 0 Å². The highest BCUT2D eigenvalue weighted by atomic mass is 79.9. The number of halogens is 1. The lowest BCUT2D eigenvalue weighted by Crippen LogP contribution is -2.24. The minimum absolute atomic E-state index is 0.571. The molecule has 3 aromatic rings. The van der Waals surface area contributed by atoms with E-state index in [1.807, 2.05) is 18.3 Å². The molecule has 0 bridgehead atoms. The molecule has 100 valence electrons. The maximum Gasteiger partial charge on any atom is 0.243 e. The Morgan fingerprint density at radius 2 is 2.15 bits per heavy atom. The average Bonchev–Trinajstić information content (AvgIpc) is 2.84. The fourth-order valence-electron chi connectivity index (χ4n) is 2.71. The van der Waals surface area contributed by atoms with Crippen LogP contribution in [0.15, 0.2) is 47.1 Å². The first-order valence-electron chi connectivity index (χ1n) is 6.64. The highest BCUT2D eigenvalue weighted by Crippen LogP contribution is 2.34. The summed E-state index contributed by atoms with van der Waals surface area (Å²) in [5.41, 5.74) is 3.75. The summed E-state index contributed by atoms with van der Waals surface area (Å²) in [5.74, 6) is 1.25. The van der Waals surface area contributed by atoms with Gasteiger partial charge in [-0.3, -0.25) is 0 Å². The third kappa shape index (κ3) is 1.89. The summed E-state index contributed by atoms with van der Waals surface area (Å²) < 4.78 is 2.73. The van der Waals surface area contributed by atoms with Gasteiger partial charge in [0.2, 0.25) is 5.95 Å². The number of fused-ring (bicyclic) bond motifs is 2. The van der Waals surface area contributed by atoms with E-state index in [-0.39, 0.29) is 0 Å². The molecule has 0 radical (unpaired) electrons. The Balaban J connectivity index is 1.51. The van der Waals surface area contributed by atoms with Crippen LogP contribution in [-0.4, -0.2) is 21.1 Å². The van der Waals surface area contributed by atoms with Crippen LogP contribution in [0.2, 0.25) is 0 Å². The van der Waals surface area contributed by atoms with Crippen molar-refractivity contribution >= 4 is 27.5 Å². The second kappa shape index (κ2) is 4.59. The van der Waals surface area contributed by atoms with Crippen LogP contribution in [0.5, 0.6) is 0 Å². The zero-order chi connectivity index (χ0) is 13.5. The quantitative estimate of drug-likeness (QED) is 0.802. The number of nitrogens with zero attached hydrogens (tertiary/aromatic N) is 3. The highest BCUT2D eigenvalue weighted by Gasteiger charge is 2.25. The molecule has 4 nitrogen and oxygen atoms in total. The van der Waals surface area contributed by atoms with E-state index in [0.717, 1.165) is 23.1 Å². The molecule has 2 aromatic heterocycles. The van der Waals surface area contributed by atoms with E-state index in [1.165, 1.54) is 11.1 Å². The third-order valence-corrected chi connectivity index (χ3v) is 4.40. The van der Waals surface area contributed by atoms with Crippen LogP contribution in [0.4, 0.5) is 5.95 Å². The molecule has 1 unspecified atom stereocenters. The maximum absolute atomic E-state index is 4.49. The number of pyridine rings is 1. The molecule has 5 heteroatoms. The fourth-order valence-corrected chi connectivity index (χ4v) is 3.13. The minimum atomic E-state index is 0.571. The Bertz CT molecular complexity index is 780. The molecule has 1 aromatic carbocycles. The molecule has 2 heterocycles. The van der Waals surface area contributed by atoms with Crippen molar-refractivity contribution in [2.45, 2.75) is 12.3 Å². The van der Waals surface area contributed by atoms with E-state index in [9.17, 15) is 0 Å². The van der Waals surface area contributed by atoms with Crippen LogP contribution in [0, 0.1) is 0 Å². The monoisotopic (exact) mass is 328 g/mol. The van der Waals surface area contributed by atoms with Crippen LogP contribution >= 0.6 is 15.9 Å². The average molecular weight is 329 g/mol. The fraction of sp³-hybridized carbons (Fsp3) is 0.200. The second-order valence-corrected chi connectivity index (χ2v) is 5.89. The Kier molecular flexibility index (Phi) is 2.73. The Morgan fingerprint density at radius 1 is 1.25 bits per heavy atom. The summed E-state index contributed by atoms with van der Waals surface area (Å²) in [6, 6.07) is 12.5. The van der Waals surface area contributed by atoms with Crippen LogP contribution in [-0.2, 0) is 6.42 Å². The van der Waals surface area contributed by atoms with E-state index < -0.39 is 0 Å². The molecule has 0 spiro atoms. The van der Waals surface area contributed by atoms with Crippen molar-refractivity contribution in [2.24, 2.45) is 0 Å². The lowest BCUT2D eigenvalue weighted by Gasteiger charge is -2.29. The Labute approximate surface area is 125 Å². The zero-order valence-electron chi connectivity index (χ0n) is 10.8. The van der Waals surface area contributed by atoms with E-state index in [1.54, 1.807) is 4.52 Å². The van der Waals surface area contributed by atoms with E-state index in [0.29, 0.717) is 11.9 Å². The van der Waals surface area contributed by atoms with Gasteiger partial charge in [0.25, 0.3) is 0 Å². The van der Waals surface area contributed by atoms with Crippen molar-refractivity contribution in [1.82, 2.24) is 14.6 Å². The third-order valence-electron chi connectivity index (χ3n) is 3.78. The van der Waals surface area contributed by atoms with Crippen LogP contribution in [0.25, 0.3) is 5.65 Å².